The van der Waals surface area contributed by atoms with Crippen molar-refractivity contribution in [1.82, 2.24) is 4.72 Å². The third kappa shape index (κ3) is 4.46. The lowest BCUT2D eigenvalue weighted by atomic mass is 10.2. The number of nitrogens with zero attached hydrogens (tertiary/aromatic N) is 1. The third-order valence-corrected chi connectivity index (χ3v) is 7.39. The van der Waals surface area contributed by atoms with Gasteiger partial charge in [-0.25, -0.2) is 21.9 Å². The third-order valence-electron chi connectivity index (χ3n) is 4.58. The molecule has 0 atom stereocenters. The molecular formula is C21H17ClF2N2O2S2. The molecule has 30 heavy (non-hydrogen) atoms. The van der Waals surface area contributed by atoms with Gasteiger partial charge in [-0.2, -0.15) is 0 Å². The van der Waals surface area contributed by atoms with Crippen LogP contribution < -0.4 is 9.62 Å². The van der Waals surface area contributed by atoms with E-state index < -0.39 is 26.6 Å². The molecule has 1 heterocycles. The first-order valence-corrected chi connectivity index (χ1v) is 11.8. The fourth-order valence-corrected chi connectivity index (χ4v) is 5.61. The lowest BCUT2D eigenvalue weighted by Gasteiger charge is -2.33. The topological polar surface area (TPSA) is 49.4 Å². The molecule has 0 radical (unpaired) electrons. The van der Waals surface area contributed by atoms with Gasteiger partial charge >= 0.3 is 0 Å². The van der Waals surface area contributed by atoms with Gasteiger partial charge in [0.2, 0.25) is 10.0 Å². The smallest absolute Gasteiger partial charge is 0.240 e. The summed E-state index contributed by atoms with van der Waals surface area (Å²) in [7, 11) is -4.01. The molecule has 0 unspecified atom stereocenters. The summed E-state index contributed by atoms with van der Waals surface area (Å²) in [6, 6.07) is 15.9. The van der Waals surface area contributed by atoms with E-state index in [1.165, 1.54) is 0 Å². The molecule has 1 N–H and O–H groups in total. The van der Waals surface area contributed by atoms with Gasteiger partial charge in [0.1, 0.15) is 11.6 Å². The Balaban J connectivity index is 1.48. The largest absolute Gasteiger partial charge is 0.340 e. The molecule has 0 bridgehead atoms. The quantitative estimate of drug-likeness (QED) is 0.481. The van der Waals surface area contributed by atoms with Gasteiger partial charge in [-0.3, -0.25) is 0 Å². The summed E-state index contributed by atoms with van der Waals surface area (Å²) in [6.45, 7) is 0.646. The van der Waals surface area contributed by atoms with Gasteiger partial charge < -0.3 is 4.90 Å². The first-order valence-electron chi connectivity index (χ1n) is 9.13. The normalized spacial score (nSPS) is 13.1. The van der Waals surface area contributed by atoms with E-state index in [1.54, 1.807) is 11.8 Å². The lowest BCUT2D eigenvalue weighted by Crippen LogP contribution is -2.29. The standard InChI is InChI=1S/C21H17ClF2N2O2S2/c22-14-6-7-21-19(10-14)26(18-4-1-2-5-20(18)29-21)9-3-8-25-30(27,28)17-12-15(23)11-16(24)13-17/h1-2,4-7,10-13,25H,3,8-9H2. The van der Waals surface area contributed by atoms with Crippen molar-refractivity contribution in [3.63, 3.8) is 0 Å². The fourth-order valence-electron chi connectivity index (χ4n) is 3.25. The van der Waals surface area contributed by atoms with Crippen LogP contribution in [-0.2, 0) is 10.0 Å². The molecule has 1 aliphatic rings. The number of nitrogens with one attached hydrogen (secondary N) is 1. The second-order valence-corrected chi connectivity index (χ2v) is 9.98. The van der Waals surface area contributed by atoms with Crippen molar-refractivity contribution < 1.29 is 17.2 Å². The Morgan fingerprint density at radius 2 is 1.63 bits per heavy atom. The Morgan fingerprint density at radius 3 is 2.40 bits per heavy atom. The van der Waals surface area contributed by atoms with Crippen molar-refractivity contribution >= 4 is 44.8 Å². The second-order valence-electron chi connectivity index (χ2n) is 6.69. The van der Waals surface area contributed by atoms with Crippen LogP contribution in [0.25, 0.3) is 0 Å². The zero-order valence-electron chi connectivity index (χ0n) is 15.6. The minimum absolute atomic E-state index is 0.113. The Labute approximate surface area is 182 Å². The summed E-state index contributed by atoms with van der Waals surface area (Å²) in [5.74, 6) is -1.88. The number of anilines is 2. The first kappa shape index (κ1) is 21.1. The van der Waals surface area contributed by atoms with Gasteiger partial charge in [0.25, 0.3) is 0 Å². The molecule has 0 fully saturated rings. The molecule has 9 heteroatoms. The summed E-state index contributed by atoms with van der Waals surface area (Å²) in [5, 5.41) is 0.618. The number of halogens is 3. The van der Waals surface area contributed by atoms with Crippen molar-refractivity contribution in [2.24, 2.45) is 0 Å². The van der Waals surface area contributed by atoms with E-state index in [9.17, 15) is 17.2 Å². The minimum atomic E-state index is -4.01. The predicted octanol–water partition coefficient (Wildman–Crippen LogP) is 5.59. The zero-order chi connectivity index (χ0) is 21.3. The monoisotopic (exact) mass is 466 g/mol. The number of fused-ring (bicyclic) bond motifs is 2. The van der Waals surface area contributed by atoms with Crippen LogP contribution in [0.3, 0.4) is 0 Å². The van der Waals surface area contributed by atoms with E-state index in [-0.39, 0.29) is 6.54 Å². The molecule has 3 aromatic rings. The van der Waals surface area contributed by atoms with Gasteiger partial charge in [-0.1, -0.05) is 35.5 Å². The van der Waals surface area contributed by atoms with Crippen LogP contribution in [0.2, 0.25) is 5.02 Å². The molecule has 0 aliphatic carbocycles. The average Bonchev–Trinajstić information content (AvgIpc) is 2.70. The van der Waals surface area contributed by atoms with Crippen molar-refractivity contribution in [2.75, 3.05) is 18.0 Å². The SMILES string of the molecule is O=S(=O)(NCCCN1c2ccccc2Sc2ccc(Cl)cc21)c1cc(F)cc(F)c1. The van der Waals surface area contributed by atoms with E-state index in [2.05, 4.69) is 9.62 Å². The summed E-state index contributed by atoms with van der Waals surface area (Å²) < 4.78 is 53.8. The minimum Gasteiger partial charge on any atom is -0.340 e. The van der Waals surface area contributed by atoms with Crippen LogP contribution in [-0.4, -0.2) is 21.5 Å². The van der Waals surface area contributed by atoms with Gasteiger partial charge in [0, 0.05) is 34.0 Å². The molecular weight excluding hydrogens is 450 g/mol. The molecule has 0 aromatic heterocycles. The lowest BCUT2D eigenvalue weighted by molar-refractivity contribution is 0.560. The highest BCUT2D eigenvalue weighted by molar-refractivity contribution is 7.99. The summed E-state index contributed by atoms with van der Waals surface area (Å²) in [5.41, 5.74) is 1.98. The Morgan fingerprint density at radius 1 is 0.933 bits per heavy atom. The number of para-hydroxylation sites is 1. The maximum atomic E-state index is 13.4. The molecule has 1 aliphatic heterocycles. The van der Waals surface area contributed by atoms with Crippen LogP contribution in [0.15, 0.2) is 75.4 Å². The first-order chi connectivity index (χ1) is 14.3. The number of hydrogen-bond donors (Lipinski definition) is 1. The highest BCUT2D eigenvalue weighted by Crippen LogP contribution is 2.48. The van der Waals surface area contributed by atoms with Crippen molar-refractivity contribution in [1.29, 1.82) is 0 Å². The van der Waals surface area contributed by atoms with E-state index in [0.717, 1.165) is 33.3 Å². The maximum absolute atomic E-state index is 13.4. The van der Waals surface area contributed by atoms with Crippen molar-refractivity contribution in [2.45, 2.75) is 21.1 Å². The van der Waals surface area contributed by atoms with E-state index in [1.807, 2.05) is 42.5 Å². The number of hydrogen-bond acceptors (Lipinski definition) is 4. The fraction of sp³-hybridized carbons (Fsp3) is 0.143. The molecule has 156 valence electrons. The highest BCUT2D eigenvalue weighted by Gasteiger charge is 2.23. The second kappa shape index (κ2) is 8.55. The summed E-state index contributed by atoms with van der Waals surface area (Å²) >= 11 is 7.85. The molecule has 4 rings (SSSR count). The van der Waals surface area contributed by atoms with Crippen molar-refractivity contribution in [3.05, 3.63) is 77.3 Å². The van der Waals surface area contributed by atoms with Gasteiger partial charge in [-0.05, 0) is 48.9 Å². The number of benzene rings is 3. The molecule has 3 aromatic carbocycles. The molecule has 0 saturated carbocycles. The number of sulfonamides is 1. The Kier molecular flexibility index (Phi) is 6.02. The summed E-state index contributed by atoms with van der Waals surface area (Å²) in [4.78, 5) is 3.83. The van der Waals surface area contributed by atoms with E-state index in [4.69, 9.17) is 11.6 Å². The van der Waals surface area contributed by atoms with Gasteiger partial charge in [0.05, 0.1) is 16.3 Å². The van der Waals surface area contributed by atoms with Crippen LogP contribution in [0.5, 0.6) is 0 Å². The van der Waals surface area contributed by atoms with Crippen molar-refractivity contribution in [3.8, 4) is 0 Å². The summed E-state index contributed by atoms with van der Waals surface area (Å²) in [6.07, 6.45) is 0.474. The van der Waals surface area contributed by atoms with Crippen LogP contribution in [0.1, 0.15) is 6.42 Å². The molecule has 0 spiro atoms. The van der Waals surface area contributed by atoms with E-state index >= 15 is 0 Å². The van der Waals surface area contributed by atoms with Crippen LogP contribution in [0.4, 0.5) is 20.2 Å². The zero-order valence-corrected chi connectivity index (χ0v) is 18.0. The van der Waals surface area contributed by atoms with E-state index in [0.29, 0.717) is 24.1 Å². The highest BCUT2D eigenvalue weighted by atomic mass is 35.5. The molecule has 0 amide bonds. The Hall–Kier alpha value is -2.13. The van der Waals surface area contributed by atoms with Crippen LogP contribution in [0, 0.1) is 11.6 Å². The Bertz CT molecular complexity index is 1190. The average molecular weight is 467 g/mol. The molecule has 4 nitrogen and oxygen atoms in total. The number of rotatable bonds is 6. The molecule has 0 saturated heterocycles. The maximum Gasteiger partial charge on any atom is 0.240 e. The van der Waals surface area contributed by atoms with Crippen LogP contribution >= 0.6 is 23.4 Å². The van der Waals surface area contributed by atoms with Gasteiger partial charge in [-0.15, -0.1) is 0 Å². The predicted molar refractivity (Wildman–Crippen MR) is 115 cm³/mol. The van der Waals surface area contributed by atoms with Gasteiger partial charge in [0.15, 0.2) is 0 Å².